The molecule has 2 aliphatic carbocycles. The molecule has 3 aliphatic rings. The van der Waals surface area contributed by atoms with Gasteiger partial charge >= 0.3 is 0 Å². The van der Waals surface area contributed by atoms with Crippen molar-refractivity contribution in [2.24, 2.45) is 5.73 Å². The minimum atomic E-state index is -0.188. The van der Waals surface area contributed by atoms with Gasteiger partial charge in [0.05, 0.1) is 6.04 Å². The first-order valence-electron chi connectivity index (χ1n) is 7.32. The van der Waals surface area contributed by atoms with E-state index in [4.69, 9.17) is 5.73 Å². The zero-order valence-electron chi connectivity index (χ0n) is 12.2. The minimum Gasteiger partial charge on any atom is -0.402 e. The number of Topliss-reactive ketones (excluding diaryl/α,β-unsaturated/α-hetero) is 1. The van der Waals surface area contributed by atoms with Crippen LogP contribution >= 0.6 is 0 Å². The van der Waals surface area contributed by atoms with E-state index in [0.717, 1.165) is 40.1 Å². The molecule has 0 saturated carbocycles. The van der Waals surface area contributed by atoms with E-state index in [2.05, 4.69) is 25.2 Å². The Hall–Kier alpha value is -2.29. The summed E-state index contributed by atoms with van der Waals surface area (Å²) in [5, 5.41) is 3.56. The zero-order valence-corrected chi connectivity index (χ0v) is 12.2. The maximum atomic E-state index is 12.9. The van der Waals surface area contributed by atoms with Gasteiger partial charge in [0.1, 0.15) is 0 Å². The Kier molecular flexibility index (Phi) is 2.30. The minimum absolute atomic E-state index is 0.134. The molecule has 1 aromatic carbocycles. The van der Waals surface area contributed by atoms with E-state index in [0.29, 0.717) is 0 Å². The average molecular weight is 278 g/mol. The Balaban J connectivity index is 1.95. The topological polar surface area (TPSA) is 55.1 Å². The van der Waals surface area contributed by atoms with Gasteiger partial charge in [-0.2, -0.15) is 0 Å². The number of fused-ring (bicyclic) bond motifs is 3. The second-order valence-corrected chi connectivity index (χ2v) is 6.51. The van der Waals surface area contributed by atoms with Crippen molar-refractivity contribution < 1.29 is 4.79 Å². The van der Waals surface area contributed by atoms with Gasteiger partial charge in [-0.1, -0.05) is 44.2 Å². The Morgan fingerprint density at radius 3 is 2.81 bits per heavy atom. The fourth-order valence-corrected chi connectivity index (χ4v) is 3.74. The summed E-state index contributed by atoms with van der Waals surface area (Å²) in [5.41, 5.74) is 11.5. The molecule has 0 bridgehead atoms. The maximum absolute atomic E-state index is 12.9. The van der Waals surface area contributed by atoms with Gasteiger partial charge in [-0.25, -0.2) is 0 Å². The molecule has 0 amide bonds. The molecule has 3 heteroatoms. The number of rotatable bonds is 0. The molecule has 0 fully saturated rings. The molecular formula is C18H18N2O. The standard InChI is InChI=1S/C18H18N2O/c1-18(2)13-6-4-3-5-11(13)16(21)15-12-8-7-10(19)9-14(12)20-17(15)18/h3-8,14,20H,9,19H2,1-2H3/t14-/m1/s1. The Morgan fingerprint density at radius 2 is 2.00 bits per heavy atom. The van der Waals surface area contributed by atoms with Crippen molar-refractivity contribution in [1.29, 1.82) is 0 Å². The Labute approximate surface area is 124 Å². The van der Waals surface area contributed by atoms with Crippen LogP contribution in [0.15, 0.2) is 59.0 Å². The number of hydrogen-bond acceptors (Lipinski definition) is 3. The highest BCUT2D eigenvalue weighted by Crippen LogP contribution is 2.46. The third kappa shape index (κ3) is 1.52. The van der Waals surface area contributed by atoms with E-state index in [1.807, 2.05) is 30.4 Å². The van der Waals surface area contributed by atoms with Gasteiger partial charge in [0, 0.05) is 34.4 Å². The summed E-state index contributed by atoms with van der Waals surface area (Å²) in [4.78, 5) is 12.9. The average Bonchev–Trinajstić information content (AvgIpc) is 2.85. The van der Waals surface area contributed by atoms with Crippen LogP contribution in [-0.4, -0.2) is 11.8 Å². The van der Waals surface area contributed by atoms with Gasteiger partial charge in [0.25, 0.3) is 0 Å². The molecule has 3 N–H and O–H groups in total. The lowest BCUT2D eigenvalue weighted by atomic mass is 9.71. The largest absolute Gasteiger partial charge is 0.402 e. The third-order valence-electron chi connectivity index (χ3n) is 4.85. The van der Waals surface area contributed by atoms with Crippen LogP contribution < -0.4 is 11.1 Å². The molecule has 1 heterocycles. The first kappa shape index (κ1) is 12.5. The fraction of sp³-hybridized carbons (Fsp3) is 0.278. The summed E-state index contributed by atoms with van der Waals surface area (Å²) in [5.74, 6) is 0.134. The Morgan fingerprint density at radius 1 is 1.24 bits per heavy atom. The number of carbonyl (C=O) groups excluding carboxylic acids is 1. The number of allylic oxidation sites excluding steroid dienone is 3. The fourth-order valence-electron chi connectivity index (χ4n) is 3.74. The monoisotopic (exact) mass is 278 g/mol. The molecule has 21 heavy (non-hydrogen) atoms. The molecule has 1 aliphatic heterocycles. The lowest BCUT2D eigenvalue weighted by Crippen LogP contribution is -2.36. The van der Waals surface area contributed by atoms with Crippen molar-refractivity contribution in [1.82, 2.24) is 5.32 Å². The number of nitrogens with two attached hydrogens (primary N) is 1. The van der Waals surface area contributed by atoms with Crippen molar-refractivity contribution in [3.63, 3.8) is 0 Å². The van der Waals surface area contributed by atoms with Gasteiger partial charge < -0.3 is 11.1 Å². The zero-order chi connectivity index (χ0) is 14.8. The molecule has 0 spiro atoms. The van der Waals surface area contributed by atoms with Crippen molar-refractivity contribution >= 4 is 5.78 Å². The highest BCUT2D eigenvalue weighted by molar-refractivity contribution is 6.15. The van der Waals surface area contributed by atoms with Crippen LogP contribution in [0.25, 0.3) is 0 Å². The van der Waals surface area contributed by atoms with Crippen LogP contribution in [-0.2, 0) is 5.41 Å². The number of ketones is 1. The SMILES string of the molecule is CC1(C)C2=C(C(=O)c3ccccc31)C1=CC=C(N)C[C@H]1N2. The van der Waals surface area contributed by atoms with E-state index in [1.54, 1.807) is 0 Å². The van der Waals surface area contributed by atoms with Gasteiger partial charge in [-0.15, -0.1) is 0 Å². The van der Waals surface area contributed by atoms with E-state index < -0.39 is 0 Å². The van der Waals surface area contributed by atoms with Crippen LogP contribution in [0.3, 0.4) is 0 Å². The van der Waals surface area contributed by atoms with Crippen LogP contribution in [0.1, 0.15) is 36.2 Å². The molecule has 0 saturated heterocycles. The molecule has 0 aromatic heterocycles. The lowest BCUT2D eigenvalue weighted by molar-refractivity contribution is 0.102. The molecule has 106 valence electrons. The molecule has 0 radical (unpaired) electrons. The molecule has 1 aromatic rings. The smallest absolute Gasteiger partial charge is 0.195 e. The van der Waals surface area contributed by atoms with Gasteiger partial charge in [0.15, 0.2) is 5.78 Å². The second kappa shape index (κ2) is 3.88. The molecule has 4 rings (SSSR count). The normalized spacial score (nSPS) is 25.4. The van der Waals surface area contributed by atoms with E-state index in [-0.39, 0.29) is 17.2 Å². The summed E-state index contributed by atoms with van der Waals surface area (Å²) in [6.45, 7) is 4.35. The predicted octanol–water partition coefficient (Wildman–Crippen LogP) is 2.56. The number of nitrogens with one attached hydrogen (secondary N) is 1. The van der Waals surface area contributed by atoms with Crippen LogP contribution in [0.5, 0.6) is 0 Å². The van der Waals surface area contributed by atoms with E-state index >= 15 is 0 Å². The first-order chi connectivity index (χ1) is 10.00. The molecule has 0 unspecified atom stereocenters. The first-order valence-corrected chi connectivity index (χ1v) is 7.32. The summed E-state index contributed by atoms with van der Waals surface area (Å²) in [6.07, 6.45) is 4.68. The summed E-state index contributed by atoms with van der Waals surface area (Å²) < 4.78 is 0. The van der Waals surface area contributed by atoms with Crippen LogP contribution in [0.2, 0.25) is 0 Å². The highest BCUT2D eigenvalue weighted by Gasteiger charge is 2.45. The molecular weight excluding hydrogens is 260 g/mol. The third-order valence-corrected chi connectivity index (χ3v) is 4.85. The predicted molar refractivity (Wildman–Crippen MR) is 82.7 cm³/mol. The van der Waals surface area contributed by atoms with Crippen molar-refractivity contribution in [3.05, 3.63) is 70.1 Å². The van der Waals surface area contributed by atoms with Crippen molar-refractivity contribution in [3.8, 4) is 0 Å². The highest BCUT2D eigenvalue weighted by atomic mass is 16.1. The van der Waals surface area contributed by atoms with Gasteiger partial charge in [-0.3, -0.25) is 4.79 Å². The molecule has 3 nitrogen and oxygen atoms in total. The van der Waals surface area contributed by atoms with Crippen molar-refractivity contribution in [2.75, 3.05) is 0 Å². The summed E-state index contributed by atoms with van der Waals surface area (Å²) >= 11 is 0. The second-order valence-electron chi connectivity index (χ2n) is 6.51. The van der Waals surface area contributed by atoms with Gasteiger partial charge in [-0.05, 0) is 17.2 Å². The van der Waals surface area contributed by atoms with Crippen molar-refractivity contribution in [2.45, 2.75) is 31.7 Å². The van der Waals surface area contributed by atoms with Gasteiger partial charge in [0.2, 0.25) is 0 Å². The lowest BCUT2D eigenvalue weighted by Gasteiger charge is -2.34. The van der Waals surface area contributed by atoms with E-state index in [9.17, 15) is 4.79 Å². The van der Waals surface area contributed by atoms with Crippen LogP contribution in [0, 0.1) is 0 Å². The quantitative estimate of drug-likeness (QED) is 0.767. The van der Waals surface area contributed by atoms with E-state index in [1.165, 1.54) is 0 Å². The maximum Gasteiger partial charge on any atom is 0.195 e. The van der Waals surface area contributed by atoms with Crippen LogP contribution in [0.4, 0.5) is 0 Å². The summed E-state index contributed by atoms with van der Waals surface area (Å²) in [6, 6.07) is 8.06. The number of carbonyl (C=O) groups is 1. The number of benzene rings is 1. The molecule has 1 atom stereocenters. The summed E-state index contributed by atoms with van der Waals surface area (Å²) in [7, 11) is 0. The number of hydrogen-bond donors (Lipinski definition) is 2. The Bertz CT molecular complexity index is 765.